The van der Waals surface area contributed by atoms with E-state index >= 15 is 0 Å². The Labute approximate surface area is 174 Å². The van der Waals surface area contributed by atoms with Gasteiger partial charge in [-0.25, -0.2) is 8.42 Å². The third-order valence-corrected chi connectivity index (χ3v) is 7.11. The molecule has 0 bridgehead atoms. The van der Waals surface area contributed by atoms with Crippen molar-refractivity contribution in [2.75, 3.05) is 56.7 Å². The van der Waals surface area contributed by atoms with Gasteiger partial charge >= 0.3 is 0 Å². The summed E-state index contributed by atoms with van der Waals surface area (Å²) in [4.78, 5) is 2.55. The van der Waals surface area contributed by atoms with Gasteiger partial charge in [-0.2, -0.15) is 4.31 Å². The fourth-order valence-corrected chi connectivity index (χ4v) is 5.00. The third-order valence-electron chi connectivity index (χ3n) is 4.82. The lowest BCUT2D eigenvalue weighted by Gasteiger charge is -2.24. The minimum atomic E-state index is -3.53. The summed E-state index contributed by atoms with van der Waals surface area (Å²) < 4.78 is 32.4. The lowest BCUT2D eigenvalue weighted by molar-refractivity contribution is 0.196. The van der Waals surface area contributed by atoms with Crippen LogP contribution >= 0.6 is 12.2 Å². The maximum Gasteiger partial charge on any atom is 0.243 e. The maximum absolute atomic E-state index is 12.9. The summed E-state index contributed by atoms with van der Waals surface area (Å²) in [7, 11) is -1.86. The number of methoxy groups -OCH3 is 1. The van der Waals surface area contributed by atoms with Gasteiger partial charge in [0.2, 0.25) is 10.0 Å². The van der Waals surface area contributed by atoms with E-state index in [4.69, 9.17) is 17.0 Å². The zero-order chi connectivity index (χ0) is 20.6. The van der Waals surface area contributed by atoms with E-state index in [9.17, 15) is 8.42 Å². The van der Waals surface area contributed by atoms with Crippen molar-refractivity contribution < 1.29 is 13.2 Å². The van der Waals surface area contributed by atoms with E-state index in [0.717, 1.165) is 43.7 Å². The molecule has 0 unspecified atom stereocenters. The molecule has 2 rings (SSSR count). The van der Waals surface area contributed by atoms with Crippen LogP contribution in [0.3, 0.4) is 0 Å². The lowest BCUT2D eigenvalue weighted by atomic mass is 10.2. The van der Waals surface area contributed by atoms with E-state index in [1.807, 2.05) is 19.9 Å². The Hall–Kier alpha value is -1.42. The Balaban J connectivity index is 2.27. The molecule has 9 heteroatoms. The highest BCUT2D eigenvalue weighted by molar-refractivity contribution is 7.89. The molecule has 1 aromatic rings. The zero-order valence-corrected chi connectivity index (χ0v) is 18.7. The fraction of sp³-hybridized carbons (Fsp3) is 0.632. The monoisotopic (exact) mass is 428 g/mol. The van der Waals surface area contributed by atoms with Gasteiger partial charge in [0.25, 0.3) is 0 Å². The number of nitrogens with zero attached hydrogens (tertiary/aromatic N) is 2. The van der Waals surface area contributed by atoms with Crippen molar-refractivity contribution in [3.63, 3.8) is 0 Å². The van der Waals surface area contributed by atoms with Crippen LogP contribution in [0.15, 0.2) is 23.1 Å². The second kappa shape index (κ2) is 10.9. The fourth-order valence-electron chi connectivity index (χ4n) is 3.31. The minimum Gasteiger partial charge on any atom is -0.385 e. The average Bonchev–Trinajstić information content (AvgIpc) is 3.20. The largest absolute Gasteiger partial charge is 0.385 e. The number of nitrogens with one attached hydrogen (secondary N) is 2. The molecule has 0 aromatic heterocycles. The molecule has 1 fully saturated rings. The first-order valence-corrected chi connectivity index (χ1v) is 11.7. The molecule has 0 saturated carbocycles. The molecule has 158 valence electrons. The van der Waals surface area contributed by atoms with Crippen molar-refractivity contribution in [1.82, 2.24) is 9.62 Å². The standard InChI is InChI=1S/C19H32N4O3S2/c1-4-23(5-2)28(24,25)16-9-10-18(22-12-6-7-13-22)17(15-16)21-19(27)20-11-8-14-26-3/h9-10,15H,4-8,11-14H2,1-3H3,(H2,20,21,27). The van der Waals surface area contributed by atoms with Gasteiger partial charge in [-0.15, -0.1) is 0 Å². The van der Waals surface area contributed by atoms with Crippen molar-refractivity contribution >= 4 is 38.7 Å². The first-order chi connectivity index (χ1) is 13.4. The number of benzene rings is 1. The van der Waals surface area contributed by atoms with E-state index in [0.29, 0.717) is 31.4 Å². The van der Waals surface area contributed by atoms with Gasteiger partial charge in [0, 0.05) is 46.4 Å². The maximum atomic E-state index is 12.9. The summed E-state index contributed by atoms with van der Waals surface area (Å²) in [5.41, 5.74) is 1.71. The molecule has 0 radical (unpaired) electrons. The molecule has 0 aliphatic carbocycles. The molecule has 1 aromatic carbocycles. The Bertz CT molecular complexity index is 746. The minimum absolute atomic E-state index is 0.281. The molecular weight excluding hydrogens is 396 g/mol. The highest BCUT2D eigenvalue weighted by atomic mass is 32.2. The smallest absolute Gasteiger partial charge is 0.243 e. The normalized spacial score (nSPS) is 14.5. The number of thiocarbonyl (C=S) groups is 1. The second-order valence-corrected chi connectivity index (χ2v) is 9.04. The van der Waals surface area contributed by atoms with E-state index in [1.165, 1.54) is 4.31 Å². The van der Waals surface area contributed by atoms with Crippen LogP contribution in [0.1, 0.15) is 33.1 Å². The Morgan fingerprint density at radius 1 is 1.25 bits per heavy atom. The number of sulfonamides is 1. The number of anilines is 2. The SMILES string of the molecule is CCN(CC)S(=O)(=O)c1ccc(N2CCCC2)c(NC(=S)NCCCOC)c1. The summed E-state index contributed by atoms with van der Waals surface area (Å²) in [6.07, 6.45) is 3.12. The topological polar surface area (TPSA) is 73.9 Å². The van der Waals surface area contributed by atoms with Gasteiger partial charge < -0.3 is 20.3 Å². The summed E-state index contributed by atoms with van der Waals surface area (Å²) >= 11 is 5.41. The van der Waals surface area contributed by atoms with Crippen molar-refractivity contribution in [3.05, 3.63) is 18.2 Å². The molecule has 7 nitrogen and oxygen atoms in total. The molecule has 1 aliphatic heterocycles. The Morgan fingerprint density at radius 2 is 1.93 bits per heavy atom. The van der Waals surface area contributed by atoms with Gasteiger partial charge in [-0.3, -0.25) is 0 Å². The van der Waals surface area contributed by atoms with Crippen LogP contribution in [0.4, 0.5) is 11.4 Å². The average molecular weight is 429 g/mol. The Kier molecular flexibility index (Phi) is 8.94. The highest BCUT2D eigenvalue weighted by Gasteiger charge is 2.24. The van der Waals surface area contributed by atoms with Gasteiger partial charge in [-0.05, 0) is 49.7 Å². The van der Waals surface area contributed by atoms with Crippen LogP contribution < -0.4 is 15.5 Å². The summed E-state index contributed by atoms with van der Waals surface area (Å²) in [6, 6.07) is 5.28. The molecule has 0 amide bonds. The molecule has 0 atom stereocenters. The first kappa shape index (κ1) is 22.9. The van der Waals surface area contributed by atoms with Gasteiger partial charge in [-0.1, -0.05) is 13.8 Å². The first-order valence-electron chi connectivity index (χ1n) is 9.87. The molecule has 28 heavy (non-hydrogen) atoms. The zero-order valence-electron chi connectivity index (χ0n) is 17.0. The van der Waals surface area contributed by atoms with E-state index in [2.05, 4.69) is 15.5 Å². The molecular formula is C19H32N4O3S2. The van der Waals surface area contributed by atoms with Crippen LogP contribution in [0.5, 0.6) is 0 Å². The van der Waals surface area contributed by atoms with Crippen LogP contribution in [0, 0.1) is 0 Å². The number of ether oxygens (including phenoxy) is 1. The van der Waals surface area contributed by atoms with Gasteiger partial charge in [0.1, 0.15) is 0 Å². The van der Waals surface area contributed by atoms with E-state index in [1.54, 1.807) is 19.2 Å². The molecule has 0 spiro atoms. The Morgan fingerprint density at radius 3 is 2.54 bits per heavy atom. The number of hydrogen-bond acceptors (Lipinski definition) is 5. The van der Waals surface area contributed by atoms with Crippen molar-refractivity contribution in [2.45, 2.75) is 38.0 Å². The summed E-state index contributed by atoms with van der Waals surface area (Å²) in [5.74, 6) is 0. The quantitative estimate of drug-likeness (QED) is 0.438. The number of rotatable bonds is 10. The second-order valence-electron chi connectivity index (χ2n) is 6.69. The predicted molar refractivity (Wildman–Crippen MR) is 119 cm³/mol. The molecule has 1 saturated heterocycles. The van der Waals surface area contributed by atoms with E-state index in [-0.39, 0.29) is 4.90 Å². The third kappa shape index (κ3) is 5.79. The van der Waals surface area contributed by atoms with Crippen LogP contribution in [-0.4, -0.2) is 64.3 Å². The van der Waals surface area contributed by atoms with Crippen LogP contribution in [0.2, 0.25) is 0 Å². The van der Waals surface area contributed by atoms with Crippen molar-refractivity contribution in [3.8, 4) is 0 Å². The molecule has 2 N–H and O–H groups in total. The highest BCUT2D eigenvalue weighted by Crippen LogP contribution is 2.32. The van der Waals surface area contributed by atoms with E-state index < -0.39 is 10.0 Å². The van der Waals surface area contributed by atoms with Gasteiger partial charge in [0.15, 0.2) is 5.11 Å². The van der Waals surface area contributed by atoms with Crippen LogP contribution in [-0.2, 0) is 14.8 Å². The predicted octanol–water partition coefficient (Wildman–Crippen LogP) is 2.64. The van der Waals surface area contributed by atoms with Crippen molar-refractivity contribution in [2.24, 2.45) is 0 Å². The van der Waals surface area contributed by atoms with Gasteiger partial charge in [0.05, 0.1) is 16.3 Å². The van der Waals surface area contributed by atoms with Crippen LogP contribution in [0.25, 0.3) is 0 Å². The summed E-state index contributed by atoms with van der Waals surface area (Å²) in [6.45, 7) is 7.84. The number of hydrogen-bond donors (Lipinski definition) is 2. The van der Waals surface area contributed by atoms with Crippen molar-refractivity contribution in [1.29, 1.82) is 0 Å². The molecule has 1 aliphatic rings. The summed E-state index contributed by atoms with van der Waals surface area (Å²) in [5, 5.41) is 6.84. The lowest BCUT2D eigenvalue weighted by Crippen LogP contribution is -2.32. The molecule has 1 heterocycles.